The van der Waals surface area contributed by atoms with Crippen molar-refractivity contribution in [3.05, 3.63) is 36.4 Å². The lowest BCUT2D eigenvalue weighted by Crippen LogP contribution is -2.51. The fourth-order valence-corrected chi connectivity index (χ4v) is 6.50. The first-order valence-electron chi connectivity index (χ1n) is 10.6. The molecule has 8 heteroatoms. The molecule has 4 rings (SSSR count). The fourth-order valence-electron chi connectivity index (χ4n) is 4.83. The zero-order valence-electron chi connectivity index (χ0n) is 17.3. The summed E-state index contributed by atoms with van der Waals surface area (Å²) in [7, 11) is -3.63. The number of piperidine rings is 1. The van der Waals surface area contributed by atoms with Crippen LogP contribution in [0.15, 0.2) is 41.3 Å². The largest absolute Gasteiger partial charge is 0.493 e. The minimum atomic E-state index is -3.63. The predicted molar refractivity (Wildman–Crippen MR) is 116 cm³/mol. The van der Waals surface area contributed by atoms with Gasteiger partial charge in [0.1, 0.15) is 5.75 Å². The van der Waals surface area contributed by atoms with E-state index in [4.69, 9.17) is 10.5 Å². The highest BCUT2D eigenvalue weighted by Gasteiger charge is 2.38. The van der Waals surface area contributed by atoms with Gasteiger partial charge in [0.2, 0.25) is 15.9 Å². The second-order valence-corrected chi connectivity index (χ2v) is 9.88. The van der Waals surface area contributed by atoms with Crippen molar-refractivity contribution in [3.63, 3.8) is 0 Å². The number of fused-ring (bicyclic) bond motifs is 1. The van der Waals surface area contributed by atoms with Gasteiger partial charge in [-0.25, -0.2) is 8.42 Å². The SMILES string of the molecule is CCOc1ccc(S(=O)(=O)N2CCC(N3CCCC3C(N)=O)CC2)c2ccccc12. The lowest BCUT2D eigenvalue weighted by Gasteiger charge is -2.38. The lowest BCUT2D eigenvalue weighted by atomic mass is 10.0. The first kappa shape index (κ1) is 21.1. The summed E-state index contributed by atoms with van der Waals surface area (Å²) < 4.78 is 34.2. The van der Waals surface area contributed by atoms with Crippen LogP contribution in [0, 0.1) is 0 Å². The van der Waals surface area contributed by atoms with E-state index in [2.05, 4.69) is 4.90 Å². The number of nitrogens with zero attached hydrogens (tertiary/aromatic N) is 2. The van der Waals surface area contributed by atoms with Crippen molar-refractivity contribution in [2.24, 2.45) is 5.73 Å². The zero-order valence-corrected chi connectivity index (χ0v) is 18.1. The molecule has 2 aromatic carbocycles. The van der Waals surface area contributed by atoms with Crippen molar-refractivity contribution in [1.29, 1.82) is 0 Å². The molecule has 0 aromatic heterocycles. The van der Waals surface area contributed by atoms with Gasteiger partial charge < -0.3 is 10.5 Å². The monoisotopic (exact) mass is 431 g/mol. The van der Waals surface area contributed by atoms with E-state index in [1.54, 1.807) is 16.4 Å². The summed E-state index contributed by atoms with van der Waals surface area (Å²) in [5.74, 6) is 0.417. The Morgan fingerprint density at radius 2 is 1.77 bits per heavy atom. The maximum atomic E-state index is 13.5. The molecule has 0 aliphatic carbocycles. The highest BCUT2D eigenvalue weighted by Crippen LogP contribution is 2.34. The summed E-state index contributed by atoms with van der Waals surface area (Å²) in [6.07, 6.45) is 3.17. The van der Waals surface area contributed by atoms with Gasteiger partial charge in [0.05, 0.1) is 17.5 Å². The molecule has 30 heavy (non-hydrogen) atoms. The average molecular weight is 432 g/mol. The number of hydrogen-bond acceptors (Lipinski definition) is 5. The van der Waals surface area contributed by atoms with Crippen LogP contribution in [0.5, 0.6) is 5.75 Å². The molecule has 1 unspecified atom stereocenters. The molecule has 7 nitrogen and oxygen atoms in total. The van der Waals surface area contributed by atoms with Crippen LogP contribution in [0.2, 0.25) is 0 Å². The van der Waals surface area contributed by atoms with Crippen LogP contribution in [0.1, 0.15) is 32.6 Å². The molecule has 2 fully saturated rings. The van der Waals surface area contributed by atoms with E-state index in [9.17, 15) is 13.2 Å². The number of carbonyl (C=O) groups is 1. The van der Waals surface area contributed by atoms with E-state index in [0.29, 0.717) is 48.6 Å². The second kappa shape index (κ2) is 8.53. The molecule has 2 heterocycles. The standard InChI is InChI=1S/C22H29N3O4S/c1-2-29-20-9-10-21(18-7-4-3-6-17(18)20)30(27,28)24-14-11-16(12-15-24)25-13-5-8-19(25)22(23)26/h3-4,6-7,9-10,16,19H,2,5,8,11-15H2,1H3,(H2,23,26). The Balaban J connectivity index is 1.56. The molecule has 0 spiro atoms. The van der Waals surface area contributed by atoms with Crippen LogP contribution < -0.4 is 10.5 Å². The van der Waals surface area contributed by atoms with Gasteiger partial charge in [0.15, 0.2) is 0 Å². The molecular weight excluding hydrogens is 402 g/mol. The molecule has 1 amide bonds. The summed E-state index contributed by atoms with van der Waals surface area (Å²) in [6.45, 7) is 4.17. The number of primary amides is 1. The second-order valence-electron chi connectivity index (χ2n) is 7.97. The van der Waals surface area contributed by atoms with Crippen LogP contribution >= 0.6 is 0 Å². The number of ether oxygens (including phenoxy) is 1. The summed E-state index contributed by atoms with van der Waals surface area (Å²) in [5.41, 5.74) is 5.56. The van der Waals surface area contributed by atoms with Gasteiger partial charge in [-0.3, -0.25) is 9.69 Å². The van der Waals surface area contributed by atoms with E-state index in [-0.39, 0.29) is 18.0 Å². The van der Waals surface area contributed by atoms with E-state index in [0.717, 1.165) is 24.8 Å². The van der Waals surface area contributed by atoms with Gasteiger partial charge in [-0.2, -0.15) is 4.31 Å². The van der Waals surface area contributed by atoms with Gasteiger partial charge in [-0.15, -0.1) is 0 Å². The molecular formula is C22H29N3O4S. The third kappa shape index (κ3) is 3.79. The fraction of sp³-hybridized carbons (Fsp3) is 0.500. The molecule has 2 aliphatic heterocycles. The van der Waals surface area contributed by atoms with Crippen LogP contribution in [0.4, 0.5) is 0 Å². The van der Waals surface area contributed by atoms with Crippen molar-refractivity contribution in [1.82, 2.24) is 9.21 Å². The number of nitrogens with two attached hydrogens (primary N) is 1. The topological polar surface area (TPSA) is 92.9 Å². The van der Waals surface area contributed by atoms with E-state index in [1.807, 2.05) is 31.2 Å². The molecule has 0 radical (unpaired) electrons. The zero-order chi connectivity index (χ0) is 21.3. The summed E-state index contributed by atoms with van der Waals surface area (Å²) in [6, 6.07) is 10.8. The van der Waals surface area contributed by atoms with E-state index >= 15 is 0 Å². The quantitative estimate of drug-likeness (QED) is 0.758. The average Bonchev–Trinajstić information content (AvgIpc) is 3.24. The van der Waals surface area contributed by atoms with Crippen LogP contribution in [-0.2, 0) is 14.8 Å². The number of rotatable bonds is 6. The minimum Gasteiger partial charge on any atom is -0.493 e. The van der Waals surface area contributed by atoms with Crippen molar-refractivity contribution in [3.8, 4) is 5.75 Å². The number of hydrogen-bond donors (Lipinski definition) is 1. The van der Waals surface area contributed by atoms with Gasteiger partial charge in [0, 0.05) is 29.9 Å². The van der Waals surface area contributed by atoms with Crippen LogP contribution in [0.3, 0.4) is 0 Å². The van der Waals surface area contributed by atoms with Gasteiger partial charge in [-0.1, -0.05) is 24.3 Å². The Bertz CT molecular complexity index is 1030. The lowest BCUT2D eigenvalue weighted by molar-refractivity contribution is -0.123. The molecule has 2 aliphatic rings. The Morgan fingerprint density at radius 1 is 1.07 bits per heavy atom. The van der Waals surface area contributed by atoms with Crippen molar-refractivity contribution in [2.75, 3.05) is 26.2 Å². The van der Waals surface area contributed by atoms with Crippen molar-refractivity contribution >= 4 is 26.7 Å². The maximum absolute atomic E-state index is 13.5. The molecule has 162 valence electrons. The first-order chi connectivity index (χ1) is 14.4. The number of carbonyl (C=O) groups excluding carboxylic acids is 1. The van der Waals surface area contributed by atoms with Gasteiger partial charge in [0.25, 0.3) is 0 Å². The molecule has 1 atom stereocenters. The molecule has 0 bridgehead atoms. The summed E-state index contributed by atoms with van der Waals surface area (Å²) >= 11 is 0. The normalized spacial score (nSPS) is 21.8. The predicted octanol–water partition coefficient (Wildman–Crippen LogP) is 2.34. The summed E-state index contributed by atoms with van der Waals surface area (Å²) in [4.78, 5) is 14.2. The minimum absolute atomic E-state index is 0.202. The maximum Gasteiger partial charge on any atom is 0.243 e. The highest BCUT2D eigenvalue weighted by atomic mass is 32.2. The third-order valence-corrected chi connectivity index (χ3v) is 8.23. The van der Waals surface area contributed by atoms with Crippen molar-refractivity contribution < 1.29 is 17.9 Å². The van der Waals surface area contributed by atoms with Crippen molar-refractivity contribution in [2.45, 2.75) is 49.6 Å². The van der Waals surface area contributed by atoms with Crippen LogP contribution in [0.25, 0.3) is 10.8 Å². The summed E-state index contributed by atoms with van der Waals surface area (Å²) in [5, 5.41) is 1.48. The first-order valence-corrected chi connectivity index (χ1v) is 12.1. The number of sulfonamides is 1. The number of amides is 1. The number of benzene rings is 2. The highest BCUT2D eigenvalue weighted by molar-refractivity contribution is 7.89. The molecule has 0 saturated carbocycles. The van der Waals surface area contributed by atoms with Crippen LogP contribution in [-0.4, -0.2) is 61.9 Å². The third-order valence-electron chi connectivity index (χ3n) is 6.28. The Morgan fingerprint density at radius 3 is 2.43 bits per heavy atom. The van der Waals surface area contributed by atoms with Gasteiger partial charge >= 0.3 is 0 Å². The molecule has 2 N–H and O–H groups in total. The molecule has 2 saturated heterocycles. The van der Waals surface area contributed by atoms with Gasteiger partial charge in [-0.05, 0) is 51.3 Å². The molecule has 2 aromatic rings. The Kier molecular flexibility index (Phi) is 5.99. The Labute approximate surface area is 177 Å². The Hall–Kier alpha value is -2.16. The smallest absolute Gasteiger partial charge is 0.243 e. The number of likely N-dealkylation sites (tertiary alicyclic amines) is 1. The van der Waals surface area contributed by atoms with E-state index < -0.39 is 10.0 Å². The van der Waals surface area contributed by atoms with E-state index in [1.165, 1.54) is 0 Å².